The van der Waals surface area contributed by atoms with E-state index >= 15 is 0 Å². The van der Waals surface area contributed by atoms with Gasteiger partial charge in [0.1, 0.15) is 0 Å². The van der Waals surface area contributed by atoms with E-state index in [1.807, 2.05) is 0 Å². The number of carbonyl (C=O) groups excluding carboxylic acids is 1. The fourth-order valence-corrected chi connectivity index (χ4v) is 3.08. The van der Waals surface area contributed by atoms with E-state index in [2.05, 4.69) is 43.4 Å². The maximum absolute atomic E-state index is 10.4. The first kappa shape index (κ1) is 16.7. The number of primary amides is 1. The van der Waals surface area contributed by atoms with Crippen LogP contribution in [-0.2, 0) is 4.74 Å². The highest BCUT2D eigenvalue weighted by Crippen LogP contribution is 2.42. The summed E-state index contributed by atoms with van der Waals surface area (Å²) >= 11 is 0. The Morgan fingerprint density at radius 2 is 1.91 bits per heavy atom. The molecule has 4 nitrogen and oxygen atoms in total. The molecule has 1 fully saturated rings. The Balaban J connectivity index is 1.75. The van der Waals surface area contributed by atoms with Crippen molar-refractivity contribution in [2.75, 3.05) is 18.5 Å². The van der Waals surface area contributed by atoms with Crippen molar-refractivity contribution in [1.29, 1.82) is 0 Å². The standard InChI is InChI=1S/C18H28N2O2/c1-18(2)10-8-15(9-11-18)14-4-6-16(7-5-14)20-12-3-13-22-17(19)21/h4-7,15,20H,3,8-13H2,1-2H3,(H2,19,21). The van der Waals surface area contributed by atoms with Gasteiger partial charge < -0.3 is 15.8 Å². The lowest BCUT2D eigenvalue weighted by Crippen LogP contribution is -2.20. The van der Waals surface area contributed by atoms with E-state index in [0.717, 1.165) is 18.7 Å². The molecule has 0 aliphatic heterocycles. The lowest BCUT2D eigenvalue weighted by molar-refractivity contribution is 0.156. The van der Waals surface area contributed by atoms with E-state index < -0.39 is 6.09 Å². The first-order valence-corrected chi connectivity index (χ1v) is 8.22. The van der Waals surface area contributed by atoms with Gasteiger partial charge in [-0.1, -0.05) is 26.0 Å². The number of hydrogen-bond donors (Lipinski definition) is 2. The molecule has 3 N–H and O–H groups in total. The number of benzene rings is 1. The van der Waals surface area contributed by atoms with Crippen LogP contribution in [0, 0.1) is 5.41 Å². The van der Waals surface area contributed by atoms with Crippen LogP contribution in [0.15, 0.2) is 24.3 Å². The van der Waals surface area contributed by atoms with Gasteiger partial charge in [-0.05, 0) is 61.1 Å². The normalized spacial score (nSPS) is 17.9. The van der Waals surface area contributed by atoms with Gasteiger partial charge in [-0.25, -0.2) is 4.79 Å². The summed E-state index contributed by atoms with van der Waals surface area (Å²) in [6.07, 6.45) is 5.27. The van der Waals surface area contributed by atoms with Crippen molar-refractivity contribution in [3.8, 4) is 0 Å². The number of amides is 1. The maximum Gasteiger partial charge on any atom is 0.404 e. The molecular weight excluding hydrogens is 276 g/mol. The van der Waals surface area contributed by atoms with Crippen LogP contribution in [0.25, 0.3) is 0 Å². The summed E-state index contributed by atoms with van der Waals surface area (Å²) in [5.74, 6) is 0.714. The first-order chi connectivity index (χ1) is 10.5. The van der Waals surface area contributed by atoms with Crippen molar-refractivity contribution in [2.24, 2.45) is 11.1 Å². The molecule has 0 bridgehead atoms. The van der Waals surface area contributed by atoms with Crippen LogP contribution < -0.4 is 11.1 Å². The van der Waals surface area contributed by atoms with Gasteiger partial charge in [0.15, 0.2) is 0 Å². The third kappa shape index (κ3) is 5.24. The van der Waals surface area contributed by atoms with Gasteiger partial charge in [-0.2, -0.15) is 0 Å². The molecule has 0 saturated heterocycles. The van der Waals surface area contributed by atoms with Crippen LogP contribution >= 0.6 is 0 Å². The fraction of sp³-hybridized carbons (Fsp3) is 0.611. The van der Waals surface area contributed by atoms with Crippen molar-refractivity contribution in [1.82, 2.24) is 0 Å². The molecule has 0 atom stereocenters. The van der Waals surface area contributed by atoms with E-state index in [1.165, 1.54) is 31.2 Å². The van der Waals surface area contributed by atoms with Gasteiger partial charge in [-0.15, -0.1) is 0 Å². The molecule has 122 valence electrons. The molecule has 4 heteroatoms. The molecule has 1 saturated carbocycles. The summed E-state index contributed by atoms with van der Waals surface area (Å²) in [5.41, 5.74) is 7.99. The van der Waals surface area contributed by atoms with Crippen molar-refractivity contribution >= 4 is 11.8 Å². The Morgan fingerprint density at radius 1 is 1.27 bits per heavy atom. The molecule has 0 aromatic heterocycles. The van der Waals surface area contributed by atoms with Gasteiger partial charge in [-0.3, -0.25) is 0 Å². The predicted molar refractivity (Wildman–Crippen MR) is 90.1 cm³/mol. The topological polar surface area (TPSA) is 64.3 Å². The highest BCUT2D eigenvalue weighted by molar-refractivity contribution is 5.64. The molecule has 1 aliphatic rings. The Hall–Kier alpha value is -1.71. The maximum atomic E-state index is 10.4. The summed E-state index contributed by atoms with van der Waals surface area (Å²) in [6.45, 7) is 5.87. The molecule has 22 heavy (non-hydrogen) atoms. The number of anilines is 1. The summed E-state index contributed by atoms with van der Waals surface area (Å²) in [4.78, 5) is 10.4. The third-order valence-electron chi connectivity index (χ3n) is 4.62. The summed E-state index contributed by atoms with van der Waals surface area (Å²) in [6, 6.07) is 8.77. The number of rotatable bonds is 6. The van der Waals surface area contributed by atoms with Crippen LogP contribution in [0.4, 0.5) is 10.5 Å². The quantitative estimate of drug-likeness (QED) is 0.771. The average molecular weight is 304 g/mol. The zero-order valence-corrected chi connectivity index (χ0v) is 13.7. The van der Waals surface area contributed by atoms with Gasteiger partial charge in [0.05, 0.1) is 6.61 Å². The SMILES string of the molecule is CC1(C)CCC(c2ccc(NCCCOC(N)=O)cc2)CC1. The van der Waals surface area contributed by atoms with E-state index in [4.69, 9.17) is 10.5 Å². The molecule has 1 aliphatic carbocycles. The number of nitrogens with two attached hydrogens (primary N) is 1. The molecular formula is C18H28N2O2. The Bertz CT molecular complexity index is 472. The highest BCUT2D eigenvalue weighted by atomic mass is 16.5. The van der Waals surface area contributed by atoms with Crippen molar-refractivity contribution in [3.63, 3.8) is 0 Å². The smallest absolute Gasteiger partial charge is 0.404 e. The van der Waals surface area contributed by atoms with Gasteiger partial charge >= 0.3 is 6.09 Å². The minimum atomic E-state index is -0.708. The average Bonchev–Trinajstić information content (AvgIpc) is 2.47. The van der Waals surface area contributed by atoms with E-state index in [1.54, 1.807) is 0 Å². The predicted octanol–water partition coefficient (Wildman–Crippen LogP) is 4.27. The monoisotopic (exact) mass is 304 g/mol. The molecule has 1 amide bonds. The summed E-state index contributed by atoms with van der Waals surface area (Å²) in [7, 11) is 0. The highest BCUT2D eigenvalue weighted by Gasteiger charge is 2.27. The molecule has 2 rings (SSSR count). The van der Waals surface area contributed by atoms with Crippen molar-refractivity contribution in [3.05, 3.63) is 29.8 Å². The molecule has 0 spiro atoms. The fourth-order valence-electron chi connectivity index (χ4n) is 3.08. The Morgan fingerprint density at radius 3 is 2.50 bits per heavy atom. The number of ether oxygens (including phenoxy) is 1. The van der Waals surface area contributed by atoms with Gasteiger partial charge in [0.2, 0.25) is 0 Å². The summed E-state index contributed by atoms with van der Waals surface area (Å²) in [5, 5.41) is 3.33. The minimum Gasteiger partial charge on any atom is -0.450 e. The van der Waals surface area contributed by atoms with Crippen molar-refractivity contribution < 1.29 is 9.53 Å². The lowest BCUT2D eigenvalue weighted by Gasteiger charge is -2.34. The second-order valence-electron chi connectivity index (χ2n) is 7.01. The van der Waals surface area contributed by atoms with E-state index in [-0.39, 0.29) is 0 Å². The Kier molecular flexibility index (Phi) is 5.69. The van der Waals surface area contributed by atoms with Crippen LogP contribution in [0.3, 0.4) is 0 Å². The lowest BCUT2D eigenvalue weighted by atomic mass is 9.71. The molecule has 1 aromatic carbocycles. The second kappa shape index (κ2) is 7.52. The zero-order chi connectivity index (χ0) is 16.0. The van der Waals surface area contributed by atoms with Crippen LogP contribution in [0.2, 0.25) is 0 Å². The first-order valence-electron chi connectivity index (χ1n) is 8.22. The number of carbonyl (C=O) groups is 1. The van der Waals surface area contributed by atoms with Crippen LogP contribution in [-0.4, -0.2) is 19.2 Å². The van der Waals surface area contributed by atoms with Crippen molar-refractivity contribution in [2.45, 2.75) is 51.9 Å². The minimum absolute atomic E-state index is 0.359. The van der Waals surface area contributed by atoms with Crippen LogP contribution in [0.1, 0.15) is 57.4 Å². The molecule has 1 aromatic rings. The van der Waals surface area contributed by atoms with Crippen LogP contribution in [0.5, 0.6) is 0 Å². The zero-order valence-electron chi connectivity index (χ0n) is 13.7. The third-order valence-corrected chi connectivity index (χ3v) is 4.62. The Labute approximate surface area is 133 Å². The van der Waals surface area contributed by atoms with Gasteiger partial charge in [0, 0.05) is 12.2 Å². The van der Waals surface area contributed by atoms with E-state index in [9.17, 15) is 4.79 Å². The molecule has 0 unspecified atom stereocenters. The van der Waals surface area contributed by atoms with Gasteiger partial charge in [0.25, 0.3) is 0 Å². The molecule has 0 radical (unpaired) electrons. The largest absolute Gasteiger partial charge is 0.450 e. The molecule has 0 heterocycles. The number of hydrogen-bond acceptors (Lipinski definition) is 3. The second-order valence-corrected chi connectivity index (χ2v) is 7.01. The van der Waals surface area contributed by atoms with E-state index in [0.29, 0.717) is 17.9 Å². The number of nitrogens with one attached hydrogen (secondary N) is 1. The summed E-state index contributed by atoms with van der Waals surface area (Å²) < 4.78 is 4.69.